The first-order chi connectivity index (χ1) is 14.2. The molecule has 2 N–H and O–H groups in total. The maximum atomic E-state index is 12.3. The van der Waals surface area contributed by atoms with Crippen molar-refractivity contribution in [1.82, 2.24) is 19.7 Å². The average Bonchev–Trinajstić information content (AvgIpc) is 3.22. The van der Waals surface area contributed by atoms with Crippen molar-refractivity contribution in [2.24, 2.45) is 0 Å². The average molecular weight is 395 g/mol. The summed E-state index contributed by atoms with van der Waals surface area (Å²) >= 11 is 0. The van der Waals surface area contributed by atoms with E-state index in [9.17, 15) is 4.79 Å². The molecule has 1 fully saturated rings. The first kappa shape index (κ1) is 18.7. The molecule has 0 atom stereocenters. The van der Waals surface area contributed by atoms with Crippen LogP contribution in [0, 0.1) is 0 Å². The van der Waals surface area contributed by atoms with E-state index < -0.39 is 0 Å². The number of carbonyl (C=O) groups excluding carboxylic acids is 1. The van der Waals surface area contributed by atoms with E-state index in [1.807, 2.05) is 0 Å². The highest BCUT2D eigenvalue weighted by molar-refractivity contribution is 5.99. The number of carbonyl (C=O) groups is 1. The summed E-state index contributed by atoms with van der Waals surface area (Å²) in [6, 6.07) is 6.74. The van der Waals surface area contributed by atoms with Crippen LogP contribution in [0.25, 0.3) is 5.82 Å². The van der Waals surface area contributed by atoms with Gasteiger partial charge in [0.2, 0.25) is 0 Å². The molecule has 0 spiro atoms. The molecular formula is C19H21N7O3. The molecule has 3 aromatic rings. The number of nitrogens with one attached hydrogen (secondary N) is 2. The minimum absolute atomic E-state index is 0.381. The van der Waals surface area contributed by atoms with E-state index in [4.69, 9.17) is 9.47 Å². The molecule has 29 heavy (non-hydrogen) atoms. The smallest absolute Gasteiger partial charge is 0.323 e. The van der Waals surface area contributed by atoms with Gasteiger partial charge in [-0.2, -0.15) is 5.10 Å². The number of ether oxygens (including phenoxy) is 2. The molecule has 0 radical (unpaired) electrons. The molecule has 0 unspecified atom stereocenters. The van der Waals surface area contributed by atoms with E-state index in [0.29, 0.717) is 36.2 Å². The number of rotatable bonds is 5. The van der Waals surface area contributed by atoms with Crippen molar-refractivity contribution in [3.8, 4) is 11.6 Å². The number of nitrogens with zero attached hydrogens (tertiary/aromatic N) is 5. The summed E-state index contributed by atoms with van der Waals surface area (Å²) < 4.78 is 12.2. The molecule has 0 saturated carbocycles. The Morgan fingerprint density at radius 3 is 2.83 bits per heavy atom. The standard InChI is InChI=1S/C19H21N7O3/c1-28-16-4-2-3-14(9-16)23-19(27)24-15-10-22-26(12-15)18-17(11-20-13-21-18)25-5-7-29-8-6-25/h2-4,9-13H,5-8H2,1H3,(H2,23,24,27). The second-order valence-corrected chi connectivity index (χ2v) is 6.32. The topological polar surface area (TPSA) is 106 Å². The van der Waals surface area contributed by atoms with Gasteiger partial charge >= 0.3 is 6.03 Å². The quantitative estimate of drug-likeness (QED) is 0.682. The van der Waals surface area contributed by atoms with Crippen LogP contribution in [0.5, 0.6) is 5.75 Å². The molecule has 2 aromatic heterocycles. The summed E-state index contributed by atoms with van der Waals surface area (Å²) in [5.74, 6) is 1.30. The summed E-state index contributed by atoms with van der Waals surface area (Å²) in [5.41, 5.74) is 2.03. The van der Waals surface area contributed by atoms with Gasteiger partial charge in [0, 0.05) is 24.8 Å². The molecule has 1 aliphatic heterocycles. The molecule has 2 amide bonds. The zero-order chi connectivity index (χ0) is 20.1. The molecular weight excluding hydrogens is 374 g/mol. The van der Waals surface area contributed by atoms with Gasteiger partial charge < -0.3 is 25.0 Å². The highest BCUT2D eigenvalue weighted by Gasteiger charge is 2.18. The van der Waals surface area contributed by atoms with Gasteiger partial charge in [-0.25, -0.2) is 19.4 Å². The number of benzene rings is 1. The monoisotopic (exact) mass is 395 g/mol. The second-order valence-electron chi connectivity index (χ2n) is 6.32. The van der Waals surface area contributed by atoms with Gasteiger partial charge in [0.15, 0.2) is 5.82 Å². The summed E-state index contributed by atoms with van der Waals surface area (Å²) in [6.07, 6.45) is 6.51. The lowest BCUT2D eigenvalue weighted by molar-refractivity contribution is 0.122. The van der Waals surface area contributed by atoms with Crippen molar-refractivity contribution in [1.29, 1.82) is 0 Å². The number of hydrogen-bond donors (Lipinski definition) is 2. The molecule has 0 bridgehead atoms. The molecule has 4 rings (SSSR count). The van der Waals surface area contributed by atoms with Crippen LogP contribution in [0.2, 0.25) is 0 Å². The number of amides is 2. The Bertz CT molecular complexity index is 985. The van der Waals surface area contributed by atoms with Crippen LogP contribution in [-0.2, 0) is 4.74 Å². The van der Waals surface area contributed by atoms with Gasteiger partial charge in [-0.3, -0.25) is 0 Å². The lowest BCUT2D eigenvalue weighted by atomic mass is 10.3. The summed E-state index contributed by atoms with van der Waals surface area (Å²) in [4.78, 5) is 23.0. The maximum absolute atomic E-state index is 12.3. The van der Waals surface area contributed by atoms with E-state index in [1.165, 1.54) is 6.33 Å². The Labute approximate surface area is 167 Å². The zero-order valence-corrected chi connectivity index (χ0v) is 15.9. The van der Waals surface area contributed by atoms with Gasteiger partial charge in [0.05, 0.1) is 44.6 Å². The number of urea groups is 1. The lowest BCUT2D eigenvalue weighted by Crippen LogP contribution is -2.37. The number of aromatic nitrogens is 4. The van der Waals surface area contributed by atoms with Crippen molar-refractivity contribution in [3.63, 3.8) is 0 Å². The number of morpholine rings is 1. The van der Waals surface area contributed by atoms with Crippen LogP contribution < -0.4 is 20.3 Å². The molecule has 1 aromatic carbocycles. The van der Waals surface area contributed by atoms with Crippen molar-refractivity contribution in [2.75, 3.05) is 48.9 Å². The fourth-order valence-corrected chi connectivity index (χ4v) is 3.02. The molecule has 1 aliphatic rings. The third-order valence-electron chi connectivity index (χ3n) is 4.41. The largest absolute Gasteiger partial charge is 0.497 e. The van der Waals surface area contributed by atoms with Crippen LogP contribution in [0.1, 0.15) is 0 Å². The minimum Gasteiger partial charge on any atom is -0.497 e. The van der Waals surface area contributed by atoms with Crippen LogP contribution in [0.15, 0.2) is 49.2 Å². The fourth-order valence-electron chi connectivity index (χ4n) is 3.02. The van der Waals surface area contributed by atoms with Gasteiger partial charge in [0.1, 0.15) is 17.8 Å². The normalized spacial score (nSPS) is 13.8. The highest BCUT2D eigenvalue weighted by atomic mass is 16.5. The Morgan fingerprint density at radius 1 is 1.17 bits per heavy atom. The third-order valence-corrected chi connectivity index (χ3v) is 4.41. The summed E-state index contributed by atoms with van der Waals surface area (Å²) in [6.45, 7) is 2.83. The van der Waals surface area contributed by atoms with Gasteiger partial charge in [-0.1, -0.05) is 6.07 Å². The fraction of sp³-hybridized carbons (Fsp3) is 0.263. The van der Waals surface area contributed by atoms with E-state index in [1.54, 1.807) is 54.6 Å². The molecule has 1 saturated heterocycles. The highest BCUT2D eigenvalue weighted by Crippen LogP contribution is 2.23. The predicted molar refractivity (Wildman–Crippen MR) is 108 cm³/mol. The number of anilines is 3. The molecule has 150 valence electrons. The van der Waals surface area contributed by atoms with Crippen LogP contribution in [-0.4, -0.2) is 59.2 Å². The van der Waals surface area contributed by atoms with E-state index in [0.717, 1.165) is 18.8 Å². The first-order valence-electron chi connectivity index (χ1n) is 9.13. The van der Waals surface area contributed by atoms with Gasteiger partial charge in [0.25, 0.3) is 0 Å². The van der Waals surface area contributed by atoms with Gasteiger partial charge in [-0.15, -0.1) is 0 Å². The van der Waals surface area contributed by atoms with Crippen molar-refractivity contribution in [2.45, 2.75) is 0 Å². The van der Waals surface area contributed by atoms with Crippen LogP contribution in [0.4, 0.5) is 21.9 Å². The Morgan fingerprint density at radius 2 is 2.00 bits per heavy atom. The molecule has 10 nitrogen and oxygen atoms in total. The van der Waals surface area contributed by atoms with Crippen LogP contribution >= 0.6 is 0 Å². The molecule has 10 heteroatoms. The summed E-state index contributed by atoms with van der Waals surface area (Å²) in [5, 5.41) is 9.86. The Balaban J connectivity index is 1.47. The third kappa shape index (κ3) is 4.43. The summed E-state index contributed by atoms with van der Waals surface area (Å²) in [7, 11) is 1.58. The van der Waals surface area contributed by atoms with Crippen LogP contribution in [0.3, 0.4) is 0 Å². The van der Waals surface area contributed by atoms with E-state index in [-0.39, 0.29) is 6.03 Å². The maximum Gasteiger partial charge on any atom is 0.323 e. The van der Waals surface area contributed by atoms with E-state index >= 15 is 0 Å². The zero-order valence-electron chi connectivity index (χ0n) is 15.9. The van der Waals surface area contributed by atoms with Crippen molar-refractivity contribution < 1.29 is 14.3 Å². The molecule has 3 heterocycles. The van der Waals surface area contributed by atoms with Gasteiger partial charge in [-0.05, 0) is 12.1 Å². The lowest BCUT2D eigenvalue weighted by Gasteiger charge is -2.29. The van der Waals surface area contributed by atoms with E-state index in [2.05, 4.69) is 30.6 Å². The predicted octanol–water partition coefficient (Wildman–Crippen LogP) is 2.15. The number of methoxy groups -OCH3 is 1. The minimum atomic E-state index is -0.381. The first-order valence-corrected chi connectivity index (χ1v) is 9.13. The number of hydrogen-bond acceptors (Lipinski definition) is 7. The SMILES string of the molecule is COc1cccc(NC(=O)Nc2cnn(-c3ncncc3N3CCOCC3)c2)c1. The van der Waals surface area contributed by atoms with Crippen molar-refractivity contribution >= 4 is 23.1 Å². The Kier molecular flexibility index (Phi) is 5.52. The van der Waals surface area contributed by atoms with Crippen molar-refractivity contribution in [3.05, 3.63) is 49.2 Å². The second kappa shape index (κ2) is 8.57. The molecule has 0 aliphatic carbocycles. The Hall–Kier alpha value is -3.66.